The van der Waals surface area contributed by atoms with E-state index in [-0.39, 0.29) is 11.2 Å². The number of carbonyl (C=O) groups excluding carboxylic acids is 1. The number of hydrogen-bond donors (Lipinski definition) is 1. The maximum absolute atomic E-state index is 12.6. The fourth-order valence-electron chi connectivity index (χ4n) is 2.52. The number of nitrogens with zero attached hydrogens (tertiary/aromatic N) is 3. The quantitative estimate of drug-likeness (QED) is 0.576. The van der Waals surface area contributed by atoms with Crippen LogP contribution in [0.2, 0.25) is 0 Å². The van der Waals surface area contributed by atoms with Crippen LogP contribution in [0.25, 0.3) is 0 Å². The second-order valence-corrected chi connectivity index (χ2v) is 7.35. The number of ether oxygens (including phenoxy) is 1. The van der Waals surface area contributed by atoms with Gasteiger partial charge in [0.25, 0.3) is 0 Å². The van der Waals surface area contributed by atoms with E-state index in [1.807, 2.05) is 50.5 Å². The Balaban J connectivity index is 2.04. The van der Waals surface area contributed by atoms with Gasteiger partial charge in [0.05, 0.1) is 5.25 Å². The van der Waals surface area contributed by atoms with Crippen molar-refractivity contribution in [1.82, 2.24) is 14.8 Å². The third kappa shape index (κ3) is 5.06. The SMILES string of the molecule is COCCCn1c(C)nnc1S[C@H](C)C(=O)Nc1c(C)cccc1C. The van der Waals surface area contributed by atoms with Crippen LogP contribution in [-0.4, -0.2) is 39.6 Å². The highest BCUT2D eigenvalue weighted by Gasteiger charge is 2.20. The highest BCUT2D eigenvalue weighted by molar-refractivity contribution is 8.00. The fourth-order valence-corrected chi connectivity index (χ4v) is 3.44. The summed E-state index contributed by atoms with van der Waals surface area (Å²) in [5, 5.41) is 11.9. The summed E-state index contributed by atoms with van der Waals surface area (Å²) in [6, 6.07) is 5.98. The molecule has 0 fully saturated rings. The van der Waals surface area contributed by atoms with Crippen molar-refractivity contribution < 1.29 is 9.53 Å². The first-order valence-corrected chi connectivity index (χ1v) is 9.24. The molecular formula is C18H26N4O2S. The van der Waals surface area contributed by atoms with Crippen LogP contribution < -0.4 is 5.32 Å². The molecule has 2 aromatic rings. The zero-order valence-corrected chi connectivity index (χ0v) is 16.3. The van der Waals surface area contributed by atoms with Crippen molar-refractivity contribution in [2.45, 2.75) is 51.1 Å². The first-order chi connectivity index (χ1) is 11.9. The molecule has 1 heterocycles. The summed E-state index contributed by atoms with van der Waals surface area (Å²) in [6.45, 7) is 9.26. The molecule has 0 spiro atoms. The van der Waals surface area contributed by atoms with Crippen molar-refractivity contribution in [3.63, 3.8) is 0 Å². The van der Waals surface area contributed by atoms with Crippen molar-refractivity contribution >= 4 is 23.4 Å². The molecule has 0 aliphatic rings. The van der Waals surface area contributed by atoms with Gasteiger partial charge < -0.3 is 14.6 Å². The third-order valence-corrected chi connectivity index (χ3v) is 5.09. The third-order valence-electron chi connectivity index (χ3n) is 4.01. The van der Waals surface area contributed by atoms with Gasteiger partial charge in [0.15, 0.2) is 5.16 Å². The number of nitrogens with one attached hydrogen (secondary N) is 1. The lowest BCUT2D eigenvalue weighted by Crippen LogP contribution is -2.24. The molecule has 1 aromatic carbocycles. The van der Waals surface area contributed by atoms with E-state index in [0.717, 1.165) is 40.8 Å². The minimum absolute atomic E-state index is 0.0357. The number of thioether (sulfide) groups is 1. The van der Waals surface area contributed by atoms with E-state index < -0.39 is 0 Å². The summed E-state index contributed by atoms with van der Waals surface area (Å²) in [7, 11) is 1.69. The number of anilines is 1. The normalized spacial score (nSPS) is 12.2. The molecule has 136 valence electrons. The molecule has 0 radical (unpaired) electrons. The van der Waals surface area contributed by atoms with E-state index in [1.54, 1.807) is 7.11 Å². The number of para-hydroxylation sites is 1. The molecule has 25 heavy (non-hydrogen) atoms. The van der Waals surface area contributed by atoms with Gasteiger partial charge in [-0.2, -0.15) is 0 Å². The summed E-state index contributed by atoms with van der Waals surface area (Å²) in [4.78, 5) is 12.6. The first kappa shape index (κ1) is 19.5. The minimum Gasteiger partial charge on any atom is -0.385 e. The van der Waals surface area contributed by atoms with E-state index in [1.165, 1.54) is 11.8 Å². The molecule has 0 saturated carbocycles. The summed E-state index contributed by atoms with van der Waals surface area (Å²) in [6.07, 6.45) is 0.881. The Hall–Kier alpha value is -1.86. The fraction of sp³-hybridized carbons (Fsp3) is 0.500. The van der Waals surface area contributed by atoms with Gasteiger partial charge in [0.2, 0.25) is 5.91 Å². The van der Waals surface area contributed by atoms with E-state index in [9.17, 15) is 4.79 Å². The lowest BCUT2D eigenvalue weighted by Gasteiger charge is -2.15. The minimum atomic E-state index is -0.274. The second kappa shape index (κ2) is 9.01. The number of rotatable bonds is 8. The topological polar surface area (TPSA) is 69.0 Å². The summed E-state index contributed by atoms with van der Waals surface area (Å²) < 4.78 is 7.14. The molecule has 2 rings (SSSR count). The Morgan fingerprint density at radius 3 is 2.60 bits per heavy atom. The van der Waals surface area contributed by atoms with Gasteiger partial charge in [-0.25, -0.2) is 0 Å². The van der Waals surface area contributed by atoms with Gasteiger partial charge in [-0.05, 0) is 45.2 Å². The first-order valence-electron chi connectivity index (χ1n) is 8.36. The molecule has 1 aromatic heterocycles. The molecular weight excluding hydrogens is 336 g/mol. The van der Waals surface area contributed by atoms with Gasteiger partial charge in [-0.3, -0.25) is 4.79 Å². The van der Waals surface area contributed by atoms with E-state index in [2.05, 4.69) is 15.5 Å². The summed E-state index contributed by atoms with van der Waals surface area (Å²) in [5.74, 6) is 0.812. The van der Waals surface area contributed by atoms with Crippen molar-refractivity contribution in [3.8, 4) is 0 Å². The number of carbonyl (C=O) groups is 1. The molecule has 0 aliphatic heterocycles. The average Bonchev–Trinajstić information content (AvgIpc) is 2.91. The molecule has 7 heteroatoms. The number of aromatic nitrogens is 3. The van der Waals surface area contributed by atoms with Crippen LogP contribution >= 0.6 is 11.8 Å². The highest BCUT2D eigenvalue weighted by atomic mass is 32.2. The largest absolute Gasteiger partial charge is 0.385 e. The van der Waals surface area contributed by atoms with Crippen LogP contribution in [0, 0.1) is 20.8 Å². The molecule has 1 N–H and O–H groups in total. The van der Waals surface area contributed by atoms with Crippen molar-refractivity contribution in [2.75, 3.05) is 19.0 Å². The monoisotopic (exact) mass is 362 g/mol. The van der Waals surface area contributed by atoms with Crippen LogP contribution in [0.15, 0.2) is 23.4 Å². The molecule has 1 amide bonds. The Morgan fingerprint density at radius 1 is 1.28 bits per heavy atom. The van der Waals surface area contributed by atoms with Gasteiger partial charge >= 0.3 is 0 Å². The number of benzene rings is 1. The van der Waals surface area contributed by atoms with Crippen LogP contribution in [0.1, 0.15) is 30.3 Å². The van der Waals surface area contributed by atoms with E-state index >= 15 is 0 Å². The average molecular weight is 362 g/mol. The van der Waals surface area contributed by atoms with Crippen LogP contribution in [-0.2, 0) is 16.1 Å². The van der Waals surface area contributed by atoms with E-state index in [4.69, 9.17) is 4.74 Å². The number of hydrogen-bond acceptors (Lipinski definition) is 5. The summed E-state index contributed by atoms with van der Waals surface area (Å²) >= 11 is 1.42. The lowest BCUT2D eigenvalue weighted by molar-refractivity contribution is -0.115. The zero-order chi connectivity index (χ0) is 18.4. The van der Waals surface area contributed by atoms with Crippen LogP contribution in [0.3, 0.4) is 0 Å². The smallest absolute Gasteiger partial charge is 0.237 e. The summed E-state index contributed by atoms with van der Waals surface area (Å²) in [5.41, 5.74) is 3.01. The Labute approximate surface area is 153 Å². The molecule has 6 nitrogen and oxygen atoms in total. The predicted octanol–water partition coefficient (Wildman–Crippen LogP) is 3.36. The number of aryl methyl sites for hydroxylation is 3. The maximum atomic E-state index is 12.6. The molecule has 0 bridgehead atoms. The van der Waals surface area contributed by atoms with Gasteiger partial charge in [0.1, 0.15) is 5.82 Å². The molecule has 0 aliphatic carbocycles. The predicted molar refractivity (Wildman–Crippen MR) is 101 cm³/mol. The second-order valence-electron chi connectivity index (χ2n) is 6.04. The van der Waals surface area contributed by atoms with Crippen LogP contribution in [0.5, 0.6) is 0 Å². The maximum Gasteiger partial charge on any atom is 0.237 e. The molecule has 0 unspecified atom stereocenters. The lowest BCUT2D eigenvalue weighted by atomic mass is 10.1. The zero-order valence-electron chi connectivity index (χ0n) is 15.5. The Bertz CT molecular complexity index is 710. The number of methoxy groups -OCH3 is 1. The van der Waals surface area contributed by atoms with Gasteiger partial charge in [0, 0.05) is 25.9 Å². The van der Waals surface area contributed by atoms with Crippen LogP contribution in [0.4, 0.5) is 5.69 Å². The molecule has 0 saturated heterocycles. The van der Waals surface area contributed by atoms with Crippen molar-refractivity contribution in [2.24, 2.45) is 0 Å². The standard InChI is InChI=1S/C18H26N4O2S/c1-12-8-6-9-13(2)16(12)19-17(23)14(3)25-18-21-20-15(4)22(18)10-7-11-24-5/h6,8-9,14H,7,10-11H2,1-5H3,(H,19,23)/t14-/m1/s1. The van der Waals surface area contributed by atoms with Crippen molar-refractivity contribution in [1.29, 1.82) is 0 Å². The van der Waals surface area contributed by atoms with Gasteiger partial charge in [-0.15, -0.1) is 10.2 Å². The molecule has 1 atom stereocenters. The Kier molecular flexibility index (Phi) is 7.01. The highest BCUT2D eigenvalue weighted by Crippen LogP contribution is 2.25. The Morgan fingerprint density at radius 2 is 1.96 bits per heavy atom. The van der Waals surface area contributed by atoms with Gasteiger partial charge in [-0.1, -0.05) is 30.0 Å². The number of amides is 1. The van der Waals surface area contributed by atoms with Crippen molar-refractivity contribution in [3.05, 3.63) is 35.2 Å². The van der Waals surface area contributed by atoms with E-state index in [0.29, 0.717) is 6.61 Å².